The van der Waals surface area contributed by atoms with Crippen LogP contribution in [0.1, 0.15) is 12.5 Å². The first-order chi connectivity index (χ1) is 6.63. The van der Waals surface area contributed by atoms with Crippen molar-refractivity contribution < 1.29 is 9.53 Å². The predicted molar refractivity (Wildman–Crippen MR) is 51.6 cm³/mol. The summed E-state index contributed by atoms with van der Waals surface area (Å²) in [5.74, 6) is -0.128. The number of nitriles is 1. The average molecular weight is 187 g/mol. The Balaban J connectivity index is 2.83. The maximum atomic E-state index is 11.1. The van der Waals surface area contributed by atoms with Crippen molar-refractivity contribution in [2.24, 2.45) is 0 Å². The van der Waals surface area contributed by atoms with Gasteiger partial charge < -0.3 is 4.74 Å². The maximum absolute atomic E-state index is 11.1. The molecule has 3 heteroatoms. The van der Waals surface area contributed by atoms with Gasteiger partial charge in [0.05, 0.1) is 11.6 Å². The molecule has 0 atom stereocenters. The quantitative estimate of drug-likeness (QED) is 0.404. The monoisotopic (exact) mass is 187 g/mol. The van der Waals surface area contributed by atoms with Gasteiger partial charge in [-0.2, -0.15) is 5.26 Å². The standard InChI is InChI=1S/C11H9NO2/c1-8(2)11(13)14-10-5-3-4-9(6-10)7-12/h3-6H,1H2,2H3. The van der Waals surface area contributed by atoms with Crippen molar-refractivity contribution in [2.75, 3.05) is 0 Å². The molecule has 0 bridgehead atoms. The molecule has 0 aromatic heterocycles. The number of carbonyl (C=O) groups is 1. The van der Waals surface area contributed by atoms with Crippen LogP contribution in [0.15, 0.2) is 36.4 Å². The van der Waals surface area contributed by atoms with Gasteiger partial charge in [0.1, 0.15) is 5.75 Å². The van der Waals surface area contributed by atoms with Crippen LogP contribution in [0.25, 0.3) is 0 Å². The molecule has 1 aromatic rings. The second-order valence-electron chi connectivity index (χ2n) is 2.81. The Labute approximate surface area is 82.2 Å². The average Bonchev–Trinajstić information content (AvgIpc) is 2.18. The second kappa shape index (κ2) is 4.24. The first-order valence-corrected chi connectivity index (χ1v) is 4.01. The zero-order valence-corrected chi connectivity index (χ0v) is 7.78. The molecule has 70 valence electrons. The Morgan fingerprint density at radius 1 is 1.57 bits per heavy atom. The molecule has 0 amide bonds. The number of esters is 1. The van der Waals surface area contributed by atoms with Crippen LogP contribution in [-0.2, 0) is 4.79 Å². The first-order valence-electron chi connectivity index (χ1n) is 4.01. The van der Waals surface area contributed by atoms with Crippen LogP contribution in [0.3, 0.4) is 0 Å². The molecule has 0 aliphatic carbocycles. The number of rotatable bonds is 2. The molecule has 1 rings (SSSR count). The minimum atomic E-state index is -0.486. The van der Waals surface area contributed by atoms with Crippen molar-refractivity contribution in [1.82, 2.24) is 0 Å². The summed E-state index contributed by atoms with van der Waals surface area (Å²) in [5, 5.41) is 8.60. The van der Waals surface area contributed by atoms with Gasteiger partial charge in [-0.1, -0.05) is 12.6 Å². The number of nitrogens with zero attached hydrogens (tertiary/aromatic N) is 1. The second-order valence-corrected chi connectivity index (χ2v) is 2.81. The molecule has 3 nitrogen and oxygen atoms in total. The zero-order valence-electron chi connectivity index (χ0n) is 7.78. The van der Waals surface area contributed by atoms with Crippen LogP contribution >= 0.6 is 0 Å². The third-order valence-electron chi connectivity index (χ3n) is 1.52. The van der Waals surface area contributed by atoms with Gasteiger partial charge in [0.25, 0.3) is 0 Å². The summed E-state index contributed by atoms with van der Waals surface area (Å²) in [4.78, 5) is 11.1. The number of hydrogen-bond acceptors (Lipinski definition) is 3. The fourth-order valence-corrected chi connectivity index (χ4v) is 0.823. The Hall–Kier alpha value is -2.08. The molecule has 0 radical (unpaired) electrons. The van der Waals surface area contributed by atoms with Crippen molar-refractivity contribution in [3.63, 3.8) is 0 Å². The summed E-state index contributed by atoms with van der Waals surface area (Å²) in [5.41, 5.74) is 0.782. The smallest absolute Gasteiger partial charge is 0.338 e. The largest absolute Gasteiger partial charge is 0.423 e. The van der Waals surface area contributed by atoms with Gasteiger partial charge in [-0.3, -0.25) is 0 Å². The highest BCUT2D eigenvalue weighted by atomic mass is 16.5. The lowest BCUT2D eigenvalue weighted by Gasteiger charge is -2.02. The molecule has 0 saturated carbocycles. The molecule has 0 fully saturated rings. The van der Waals surface area contributed by atoms with E-state index in [1.54, 1.807) is 25.1 Å². The van der Waals surface area contributed by atoms with E-state index in [1.807, 2.05) is 6.07 Å². The van der Waals surface area contributed by atoms with Gasteiger partial charge in [-0.25, -0.2) is 4.79 Å². The van der Waals surface area contributed by atoms with Crippen LogP contribution in [0, 0.1) is 11.3 Å². The summed E-state index contributed by atoms with van der Waals surface area (Å²) >= 11 is 0. The molecule has 0 heterocycles. The Kier molecular flexibility index (Phi) is 3.03. The van der Waals surface area contributed by atoms with Gasteiger partial charge in [-0.15, -0.1) is 0 Å². The molecular formula is C11H9NO2. The summed E-state index contributed by atoms with van der Waals surface area (Å²) in [6, 6.07) is 8.36. The summed E-state index contributed by atoms with van der Waals surface area (Å²) in [6.07, 6.45) is 0. The van der Waals surface area contributed by atoms with Gasteiger partial charge in [0.2, 0.25) is 0 Å². The highest BCUT2D eigenvalue weighted by molar-refractivity contribution is 5.88. The molecule has 14 heavy (non-hydrogen) atoms. The minimum absolute atomic E-state index is 0.326. The van der Waals surface area contributed by atoms with E-state index in [4.69, 9.17) is 10.00 Å². The molecule has 0 N–H and O–H groups in total. The molecule has 0 aliphatic heterocycles. The Bertz CT molecular complexity index is 416. The van der Waals surface area contributed by atoms with Crippen molar-refractivity contribution >= 4 is 5.97 Å². The van der Waals surface area contributed by atoms with Crippen molar-refractivity contribution in [2.45, 2.75) is 6.92 Å². The number of ether oxygens (including phenoxy) is 1. The van der Waals surface area contributed by atoms with E-state index in [0.29, 0.717) is 16.9 Å². The molecule has 1 aromatic carbocycles. The van der Waals surface area contributed by atoms with Crippen LogP contribution in [0.4, 0.5) is 0 Å². The van der Waals surface area contributed by atoms with E-state index in [2.05, 4.69) is 6.58 Å². The molecule has 0 unspecified atom stereocenters. The lowest BCUT2D eigenvalue weighted by molar-refractivity contribution is -0.130. The van der Waals surface area contributed by atoms with Crippen molar-refractivity contribution in [3.8, 4) is 11.8 Å². The summed E-state index contributed by atoms with van der Waals surface area (Å²) < 4.78 is 4.93. The molecule has 0 spiro atoms. The highest BCUT2D eigenvalue weighted by Gasteiger charge is 2.04. The minimum Gasteiger partial charge on any atom is -0.423 e. The SMILES string of the molecule is C=C(C)C(=O)Oc1cccc(C#N)c1. The fourth-order valence-electron chi connectivity index (χ4n) is 0.823. The van der Waals surface area contributed by atoms with Crippen LogP contribution in [0.2, 0.25) is 0 Å². The maximum Gasteiger partial charge on any atom is 0.338 e. The predicted octanol–water partition coefficient (Wildman–Crippen LogP) is 2.04. The zero-order chi connectivity index (χ0) is 10.6. The normalized spacial score (nSPS) is 8.86. The van der Waals surface area contributed by atoms with Crippen LogP contribution < -0.4 is 4.74 Å². The fraction of sp³-hybridized carbons (Fsp3) is 0.0909. The number of carbonyl (C=O) groups excluding carboxylic acids is 1. The number of hydrogen-bond donors (Lipinski definition) is 0. The summed E-state index contributed by atoms with van der Waals surface area (Å²) in [7, 11) is 0. The number of benzene rings is 1. The van der Waals surface area contributed by atoms with Gasteiger partial charge in [0, 0.05) is 5.57 Å². The van der Waals surface area contributed by atoms with Crippen LogP contribution in [-0.4, -0.2) is 5.97 Å². The van der Waals surface area contributed by atoms with Gasteiger partial charge >= 0.3 is 5.97 Å². The topological polar surface area (TPSA) is 50.1 Å². The van der Waals surface area contributed by atoms with Gasteiger partial charge in [0.15, 0.2) is 0 Å². The van der Waals surface area contributed by atoms with E-state index < -0.39 is 5.97 Å². The molecule has 0 saturated heterocycles. The van der Waals surface area contributed by atoms with Crippen molar-refractivity contribution in [3.05, 3.63) is 42.0 Å². The first kappa shape index (κ1) is 10.0. The van der Waals surface area contributed by atoms with Crippen molar-refractivity contribution in [1.29, 1.82) is 5.26 Å². The van der Waals surface area contributed by atoms with E-state index in [-0.39, 0.29) is 0 Å². The van der Waals surface area contributed by atoms with Crippen LogP contribution in [0.5, 0.6) is 5.75 Å². The lowest BCUT2D eigenvalue weighted by Crippen LogP contribution is -2.08. The van der Waals surface area contributed by atoms with E-state index in [9.17, 15) is 4.79 Å². The lowest BCUT2D eigenvalue weighted by atomic mass is 10.2. The highest BCUT2D eigenvalue weighted by Crippen LogP contribution is 2.13. The third-order valence-corrected chi connectivity index (χ3v) is 1.52. The Morgan fingerprint density at radius 2 is 2.29 bits per heavy atom. The third kappa shape index (κ3) is 2.46. The molecular weight excluding hydrogens is 178 g/mol. The van der Waals surface area contributed by atoms with Gasteiger partial charge in [-0.05, 0) is 25.1 Å². The summed E-state index contributed by atoms with van der Waals surface area (Å²) in [6.45, 7) is 5.02. The van der Waals surface area contributed by atoms with E-state index in [0.717, 1.165) is 0 Å². The molecule has 0 aliphatic rings. The van der Waals surface area contributed by atoms with E-state index >= 15 is 0 Å². The Morgan fingerprint density at radius 3 is 2.86 bits per heavy atom. The van der Waals surface area contributed by atoms with E-state index in [1.165, 1.54) is 6.07 Å².